The van der Waals surface area contributed by atoms with Gasteiger partial charge in [-0.1, -0.05) is 12.1 Å². The first-order valence-electron chi connectivity index (χ1n) is 9.02. The summed E-state index contributed by atoms with van der Waals surface area (Å²) in [7, 11) is 1.69. The van der Waals surface area contributed by atoms with Crippen LogP contribution >= 0.6 is 12.2 Å². The number of benzene rings is 1. The predicted octanol–water partition coefficient (Wildman–Crippen LogP) is 3.87. The van der Waals surface area contributed by atoms with Gasteiger partial charge < -0.3 is 19.5 Å². The molecule has 3 aromatic rings. The van der Waals surface area contributed by atoms with Gasteiger partial charge in [-0.3, -0.25) is 4.98 Å². The molecule has 1 N–H and O–H groups in total. The van der Waals surface area contributed by atoms with E-state index < -0.39 is 0 Å². The van der Waals surface area contributed by atoms with E-state index in [2.05, 4.69) is 51.1 Å². The van der Waals surface area contributed by atoms with Gasteiger partial charge >= 0.3 is 0 Å². The van der Waals surface area contributed by atoms with E-state index in [1.807, 2.05) is 42.6 Å². The Morgan fingerprint density at radius 1 is 1.15 bits per heavy atom. The van der Waals surface area contributed by atoms with Crippen LogP contribution in [0.4, 0.5) is 0 Å². The molecule has 1 saturated heterocycles. The van der Waals surface area contributed by atoms with Crippen molar-refractivity contribution in [3.63, 3.8) is 0 Å². The number of ether oxygens (including phenoxy) is 1. The molecule has 0 spiro atoms. The molecule has 1 aliphatic rings. The standard InChI is InChI=1S/C21H22N4OS/c1-3-24-20(19(23-21(24)27)17-10-4-5-12-22-17)18-11-7-13-25(18)15-8-6-9-16(14-15)26-2/h4-14,19-20H,3H2,1-2H3,(H,23,27)/t19-,20+/m0/s1. The third-order valence-corrected chi connectivity index (χ3v) is 5.31. The number of thiocarbonyl (C=S) groups is 1. The molecule has 138 valence electrons. The van der Waals surface area contributed by atoms with Crippen molar-refractivity contribution in [2.45, 2.75) is 19.0 Å². The summed E-state index contributed by atoms with van der Waals surface area (Å²) in [5, 5.41) is 4.23. The van der Waals surface area contributed by atoms with Crippen molar-refractivity contribution in [2.24, 2.45) is 0 Å². The number of hydrogen-bond donors (Lipinski definition) is 1. The average molecular weight is 379 g/mol. The number of likely N-dealkylation sites (N-methyl/N-ethyl adjacent to an activating group) is 1. The van der Waals surface area contributed by atoms with E-state index >= 15 is 0 Å². The van der Waals surface area contributed by atoms with Crippen LogP contribution in [-0.2, 0) is 0 Å². The molecular weight excluding hydrogens is 356 g/mol. The molecular formula is C21H22N4OS. The fourth-order valence-electron chi connectivity index (χ4n) is 3.70. The van der Waals surface area contributed by atoms with E-state index in [1.54, 1.807) is 7.11 Å². The molecule has 0 radical (unpaired) electrons. The lowest BCUT2D eigenvalue weighted by Crippen LogP contribution is -2.30. The van der Waals surface area contributed by atoms with E-state index in [0.29, 0.717) is 0 Å². The number of pyridine rings is 1. The zero-order valence-electron chi connectivity index (χ0n) is 15.4. The average Bonchev–Trinajstić information content (AvgIpc) is 3.32. The van der Waals surface area contributed by atoms with Crippen LogP contribution in [0.2, 0.25) is 0 Å². The Labute approximate surface area is 164 Å². The molecule has 1 aromatic carbocycles. The Balaban J connectivity index is 1.80. The van der Waals surface area contributed by atoms with Crippen LogP contribution < -0.4 is 10.1 Å². The lowest BCUT2D eigenvalue weighted by molar-refractivity contribution is 0.321. The van der Waals surface area contributed by atoms with E-state index in [4.69, 9.17) is 17.0 Å². The first kappa shape index (κ1) is 17.5. The molecule has 0 unspecified atom stereocenters. The largest absolute Gasteiger partial charge is 0.497 e. The number of aromatic nitrogens is 2. The molecule has 1 fully saturated rings. The summed E-state index contributed by atoms with van der Waals surface area (Å²) in [5.41, 5.74) is 3.20. The lowest BCUT2D eigenvalue weighted by atomic mass is 10.0. The third kappa shape index (κ3) is 3.17. The topological polar surface area (TPSA) is 42.3 Å². The highest BCUT2D eigenvalue weighted by Gasteiger charge is 2.40. The van der Waals surface area contributed by atoms with Gasteiger partial charge in [-0.25, -0.2) is 0 Å². The number of nitrogens with zero attached hydrogens (tertiary/aromatic N) is 3. The monoisotopic (exact) mass is 378 g/mol. The van der Waals surface area contributed by atoms with Gasteiger partial charge in [0, 0.05) is 36.4 Å². The minimum Gasteiger partial charge on any atom is -0.497 e. The SMILES string of the molecule is CCN1C(=S)N[C@@H](c2ccccn2)[C@H]1c1cccn1-c1cccc(OC)c1. The van der Waals surface area contributed by atoms with Gasteiger partial charge in [0.1, 0.15) is 5.75 Å². The van der Waals surface area contributed by atoms with Crippen molar-refractivity contribution >= 4 is 17.3 Å². The highest BCUT2D eigenvalue weighted by atomic mass is 32.1. The molecule has 27 heavy (non-hydrogen) atoms. The number of nitrogens with one attached hydrogen (secondary N) is 1. The van der Waals surface area contributed by atoms with Crippen LogP contribution in [0.1, 0.15) is 30.4 Å². The van der Waals surface area contributed by atoms with Gasteiger partial charge in [-0.15, -0.1) is 0 Å². The maximum absolute atomic E-state index is 5.63. The van der Waals surface area contributed by atoms with Gasteiger partial charge in [-0.05, 0) is 55.5 Å². The Hall–Kier alpha value is -2.86. The van der Waals surface area contributed by atoms with Crippen LogP contribution in [0.5, 0.6) is 5.75 Å². The molecule has 0 aliphatic carbocycles. The lowest BCUT2D eigenvalue weighted by Gasteiger charge is -2.28. The molecule has 2 aromatic heterocycles. The number of rotatable bonds is 5. The number of methoxy groups -OCH3 is 1. The van der Waals surface area contributed by atoms with Crippen LogP contribution in [0.15, 0.2) is 67.0 Å². The minimum absolute atomic E-state index is 0.00194. The van der Waals surface area contributed by atoms with Crippen molar-refractivity contribution in [1.29, 1.82) is 0 Å². The predicted molar refractivity (Wildman–Crippen MR) is 110 cm³/mol. The quantitative estimate of drug-likeness (QED) is 0.683. The maximum Gasteiger partial charge on any atom is 0.170 e. The van der Waals surface area contributed by atoms with Crippen LogP contribution in [-0.4, -0.2) is 33.2 Å². The van der Waals surface area contributed by atoms with Gasteiger partial charge in [0.25, 0.3) is 0 Å². The number of hydrogen-bond acceptors (Lipinski definition) is 3. The molecule has 4 rings (SSSR count). The molecule has 1 aliphatic heterocycles. The zero-order chi connectivity index (χ0) is 18.8. The molecule has 3 heterocycles. The van der Waals surface area contributed by atoms with Gasteiger partial charge in [0.15, 0.2) is 5.11 Å². The second kappa shape index (κ2) is 7.40. The maximum atomic E-state index is 5.63. The van der Waals surface area contributed by atoms with E-state index in [1.165, 1.54) is 0 Å². The van der Waals surface area contributed by atoms with Crippen molar-refractivity contribution in [3.05, 3.63) is 78.4 Å². The first-order valence-corrected chi connectivity index (χ1v) is 9.43. The zero-order valence-corrected chi connectivity index (χ0v) is 16.2. The molecule has 2 atom stereocenters. The van der Waals surface area contributed by atoms with Crippen LogP contribution in [0, 0.1) is 0 Å². The summed E-state index contributed by atoms with van der Waals surface area (Å²) in [5.74, 6) is 0.834. The summed E-state index contributed by atoms with van der Waals surface area (Å²) in [6.07, 6.45) is 3.90. The van der Waals surface area contributed by atoms with Crippen molar-refractivity contribution in [3.8, 4) is 11.4 Å². The Morgan fingerprint density at radius 2 is 2.04 bits per heavy atom. The third-order valence-electron chi connectivity index (χ3n) is 4.95. The molecule has 0 saturated carbocycles. The smallest absolute Gasteiger partial charge is 0.170 e. The summed E-state index contributed by atoms with van der Waals surface area (Å²) < 4.78 is 7.60. The van der Waals surface area contributed by atoms with Crippen LogP contribution in [0.3, 0.4) is 0 Å². The Kier molecular flexibility index (Phi) is 4.81. The molecule has 0 amide bonds. The fourth-order valence-corrected chi connectivity index (χ4v) is 4.07. The molecule has 5 nitrogen and oxygen atoms in total. The second-order valence-electron chi connectivity index (χ2n) is 6.42. The first-order chi connectivity index (χ1) is 13.2. The van der Waals surface area contributed by atoms with Gasteiger partial charge in [0.2, 0.25) is 0 Å². The molecule has 0 bridgehead atoms. The highest BCUT2D eigenvalue weighted by molar-refractivity contribution is 7.80. The Morgan fingerprint density at radius 3 is 2.78 bits per heavy atom. The Bertz CT molecular complexity index is 940. The fraction of sp³-hybridized carbons (Fsp3) is 0.238. The van der Waals surface area contributed by atoms with E-state index in [0.717, 1.165) is 34.5 Å². The molecule has 6 heteroatoms. The van der Waals surface area contributed by atoms with Crippen molar-refractivity contribution in [1.82, 2.24) is 19.8 Å². The van der Waals surface area contributed by atoms with Gasteiger partial charge in [-0.2, -0.15) is 0 Å². The summed E-state index contributed by atoms with van der Waals surface area (Å²) in [6, 6.07) is 18.3. The normalized spacial score (nSPS) is 19.2. The second-order valence-corrected chi connectivity index (χ2v) is 6.80. The summed E-state index contributed by atoms with van der Waals surface area (Å²) in [4.78, 5) is 6.80. The minimum atomic E-state index is -0.00194. The van der Waals surface area contributed by atoms with Crippen LogP contribution in [0.25, 0.3) is 5.69 Å². The van der Waals surface area contributed by atoms with Crippen molar-refractivity contribution < 1.29 is 4.74 Å². The van der Waals surface area contributed by atoms with Gasteiger partial charge in [0.05, 0.1) is 24.9 Å². The summed E-state index contributed by atoms with van der Waals surface area (Å²) >= 11 is 5.63. The highest BCUT2D eigenvalue weighted by Crippen LogP contribution is 2.39. The van der Waals surface area contributed by atoms with E-state index in [9.17, 15) is 0 Å². The van der Waals surface area contributed by atoms with Crippen molar-refractivity contribution in [2.75, 3.05) is 13.7 Å². The van der Waals surface area contributed by atoms with E-state index in [-0.39, 0.29) is 12.1 Å². The summed E-state index contributed by atoms with van der Waals surface area (Å²) in [6.45, 7) is 2.95.